The number of aryl methyl sites for hydroxylation is 1. The Morgan fingerprint density at radius 1 is 1.17 bits per heavy atom. The van der Waals surface area contributed by atoms with Crippen molar-refractivity contribution in [3.8, 4) is 0 Å². The summed E-state index contributed by atoms with van der Waals surface area (Å²) >= 11 is 0. The van der Waals surface area contributed by atoms with Gasteiger partial charge in [-0.3, -0.25) is 0 Å². The lowest BCUT2D eigenvalue weighted by molar-refractivity contribution is 0.00634. The van der Waals surface area contributed by atoms with E-state index in [1.807, 2.05) is 32.9 Å². The van der Waals surface area contributed by atoms with Crippen molar-refractivity contribution in [1.82, 2.24) is 4.31 Å². The molecule has 1 heterocycles. The van der Waals surface area contributed by atoms with E-state index < -0.39 is 10.0 Å². The van der Waals surface area contributed by atoms with E-state index in [1.54, 1.807) is 16.4 Å². The van der Waals surface area contributed by atoms with Crippen LogP contribution in [0, 0.1) is 6.92 Å². The van der Waals surface area contributed by atoms with Gasteiger partial charge in [0.15, 0.2) is 0 Å². The topological polar surface area (TPSA) is 46.6 Å². The highest BCUT2D eigenvalue weighted by Crippen LogP contribution is 2.25. The average molecular weight is 269 g/mol. The Hall–Kier alpha value is -0.910. The molecule has 0 bridgehead atoms. The summed E-state index contributed by atoms with van der Waals surface area (Å²) in [5, 5.41) is 0. The van der Waals surface area contributed by atoms with E-state index >= 15 is 0 Å². The molecule has 2 unspecified atom stereocenters. The lowest BCUT2D eigenvalue weighted by Gasteiger charge is -2.37. The van der Waals surface area contributed by atoms with E-state index in [2.05, 4.69) is 0 Å². The van der Waals surface area contributed by atoms with Crippen molar-refractivity contribution in [2.75, 3.05) is 13.2 Å². The molecule has 0 spiro atoms. The van der Waals surface area contributed by atoms with E-state index in [9.17, 15) is 8.42 Å². The molecule has 1 fully saturated rings. The lowest BCUT2D eigenvalue weighted by atomic mass is 10.2. The Morgan fingerprint density at radius 2 is 1.72 bits per heavy atom. The van der Waals surface area contributed by atoms with Crippen LogP contribution >= 0.6 is 0 Å². The second-order valence-corrected chi connectivity index (χ2v) is 6.65. The number of sulfonamides is 1. The summed E-state index contributed by atoms with van der Waals surface area (Å²) in [5.41, 5.74) is 0.781. The van der Waals surface area contributed by atoms with Gasteiger partial charge in [0.2, 0.25) is 10.0 Å². The second kappa shape index (κ2) is 4.99. The van der Waals surface area contributed by atoms with Crippen LogP contribution in [0.2, 0.25) is 0 Å². The van der Waals surface area contributed by atoms with Gasteiger partial charge in [0.25, 0.3) is 0 Å². The summed E-state index contributed by atoms with van der Waals surface area (Å²) in [7, 11) is -3.44. The first-order valence-electron chi connectivity index (χ1n) is 6.11. The highest BCUT2D eigenvalue weighted by molar-refractivity contribution is 7.89. The normalized spacial score (nSPS) is 26.2. The molecule has 0 amide bonds. The number of morpholine rings is 1. The van der Waals surface area contributed by atoms with Crippen molar-refractivity contribution >= 4 is 10.0 Å². The van der Waals surface area contributed by atoms with E-state index in [1.165, 1.54) is 0 Å². The van der Waals surface area contributed by atoms with Crippen molar-refractivity contribution < 1.29 is 13.2 Å². The maximum Gasteiger partial charge on any atom is 0.243 e. The van der Waals surface area contributed by atoms with Gasteiger partial charge < -0.3 is 4.74 Å². The monoisotopic (exact) mass is 269 g/mol. The van der Waals surface area contributed by atoms with E-state index in [0.29, 0.717) is 18.1 Å². The highest BCUT2D eigenvalue weighted by atomic mass is 32.2. The molecule has 0 aromatic heterocycles. The van der Waals surface area contributed by atoms with Crippen LogP contribution in [0.25, 0.3) is 0 Å². The summed E-state index contributed by atoms with van der Waals surface area (Å²) in [6, 6.07) is 6.84. The molecule has 0 N–H and O–H groups in total. The van der Waals surface area contributed by atoms with E-state index in [-0.39, 0.29) is 12.1 Å². The van der Waals surface area contributed by atoms with Gasteiger partial charge >= 0.3 is 0 Å². The van der Waals surface area contributed by atoms with Crippen LogP contribution in [-0.2, 0) is 14.8 Å². The minimum absolute atomic E-state index is 0.127. The van der Waals surface area contributed by atoms with Crippen LogP contribution < -0.4 is 0 Å². The molecule has 2 atom stereocenters. The van der Waals surface area contributed by atoms with Crippen molar-refractivity contribution in [3.63, 3.8) is 0 Å². The molecule has 100 valence electrons. The van der Waals surface area contributed by atoms with Gasteiger partial charge in [-0.15, -0.1) is 0 Å². The van der Waals surface area contributed by atoms with Gasteiger partial charge in [0, 0.05) is 12.1 Å². The average Bonchev–Trinajstić information content (AvgIpc) is 2.28. The first-order valence-corrected chi connectivity index (χ1v) is 7.55. The summed E-state index contributed by atoms with van der Waals surface area (Å²) in [6.07, 6.45) is 0. The largest absolute Gasteiger partial charge is 0.378 e. The minimum Gasteiger partial charge on any atom is -0.378 e. The van der Waals surface area contributed by atoms with Crippen molar-refractivity contribution in [2.24, 2.45) is 0 Å². The highest BCUT2D eigenvalue weighted by Gasteiger charge is 2.36. The smallest absolute Gasteiger partial charge is 0.243 e. The first kappa shape index (κ1) is 13.5. The Bertz CT molecular complexity index is 517. The SMILES string of the molecule is Cc1ccccc1S(=O)(=O)N1C(C)COCC1C. The van der Waals surface area contributed by atoms with Gasteiger partial charge in [-0.05, 0) is 32.4 Å². The molecule has 1 aliphatic heterocycles. The van der Waals surface area contributed by atoms with Gasteiger partial charge in [-0.1, -0.05) is 18.2 Å². The fourth-order valence-corrected chi connectivity index (χ4v) is 4.45. The van der Waals surface area contributed by atoms with Gasteiger partial charge in [-0.2, -0.15) is 4.31 Å². The van der Waals surface area contributed by atoms with E-state index in [0.717, 1.165) is 5.56 Å². The maximum absolute atomic E-state index is 12.7. The summed E-state index contributed by atoms with van der Waals surface area (Å²) in [4.78, 5) is 0.394. The number of rotatable bonds is 2. The first-order chi connectivity index (χ1) is 8.44. The quantitative estimate of drug-likeness (QED) is 0.822. The molecule has 1 aliphatic rings. The molecule has 5 heteroatoms. The van der Waals surface area contributed by atoms with Crippen LogP contribution in [-0.4, -0.2) is 38.0 Å². The molecular formula is C13H19NO3S. The van der Waals surface area contributed by atoms with Crippen molar-refractivity contribution in [2.45, 2.75) is 37.8 Å². The molecule has 2 rings (SSSR count). The predicted molar refractivity (Wildman–Crippen MR) is 69.9 cm³/mol. The number of nitrogens with zero attached hydrogens (tertiary/aromatic N) is 1. The lowest BCUT2D eigenvalue weighted by Crippen LogP contribution is -2.52. The van der Waals surface area contributed by atoms with Crippen LogP contribution in [0.3, 0.4) is 0 Å². The third-order valence-corrected chi connectivity index (χ3v) is 5.52. The van der Waals surface area contributed by atoms with Gasteiger partial charge in [-0.25, -0.2) is 8.42 Å². The molecule has 18 heavy (non-hydrogen) atoms. The number of ether oxygens (including phenoxy) is 1. The molecule has 0 radical (unpaired) electrons. The van der Waals surface area contributed by atoms with E-state index in [4.69, 9.17) is 4.74 Å². The molecule has 1 aromatic rings. The number of hydrogen-bond acceptors (Lipinski definition) is 3. The minimum atomic E-state index is -3.44. The van der Waals surface area contributed by atoms with Gasteiger partial charge in [0.05, 0.1) is 18.1 Å². The van der Waals surface area contributed by atoms with Gasteiger partial charge in [0.1, 0.15) is 0 Å². The second-order valence-electron chi connectivity index (χ2n) is 4.84. The number of benzene rings is 1. The van der Waals surface area contributed by atoms with Crippen molar-refractivity contribution in [1.29, 1.82) is 0 Å². The van der Waals surface area contributed by atoms with Crippen LogP contribution in [0.1, 0.15) is 19.4 Å². The molecule has 4 nitrogen and oxygen atoms in total. The molecular weight excluding hydrogens is 250 g/mol. The summed E-state index contributed by atoms with van der Waals surface area (Å²) in [5.74, 6) is 0. The Labute approximate surface area is 109 Å². The summed E-state index contributed by atoms with van der Waals surface area (Å²) in [6.45, 7) is 6.49. The zero-order chi connectivity index (χ0) is 13.3. The molecule has 1 aromatic carbocycles. The standard InChI is InChI=1S/C13H19NO3S/c1-10-6-4-5-7-13(10)18(15,16)14-11(2)8-17-9-12(14)3/h4-7,11-12H,8-9H2,1-3H3. The summed E-state index contributed by atoms with van der Waals surface area (Å²) < 4.78 is 32.3. The zero-order valence-electron chi connectivity index (χ0n) is 11.0. The third-order valence-electron chi connectivity index (χ3n) is 3.24. The predicted octanol–water partition coefficient (Wildman–Crippen LogP) is 1.79. The zero-order valence-corrected chi connectivity index (χ0v) is 11.8. The Balaban J connectivity index is 2.45. The Kier molecular flexibility index (Phi) is 3.75. The molecule has 0 saturated carbocycles. The van der Waals surface area contributed by atoms with Crippen LogP contribution in [0.5, 0.6) is 0 Å². The fraction of sp³-hybridized carbons (Fsp3) is 0.538. The fourth-order valence-electron chi connectivity index (χ4n) is 2.42. The Morgan fingerprint density at radius 3 is 2.28 bits per heavy atom. The third kappa shape index (κ3) is 2.30. The van der Waals surface area contributed by atoms with Crippen LogP contribution in [0.15, 0.2) is 29.2 Å². The van der Waals surface area contributed by atoms with Crippen LogP contribution in [0.4, 0.5) is 0 Å². The molecule has 1 saturated heterocycles. The molecule has 0 aliphatic carbocycles. The maximum atomic E-state index is 12.7. The number of hydrogen-bond donors (Lipinski definition) is 0. The van der Waals surface area contributed by atoms with Crippen molar-refractivity contribution in [3.05, 3.63) is 29.8 Å².